The number of hydrogen-bond donors (Lipinski definition) is 1. The molecule has 2 heterocycles. The SMILES string of the molecule is CCCn1ncnc1CC(O)c1cn(C)nc1CC. The van der Waals surface area contributed by atoms with Crippen LogP contribution < -0.4 is 0 Å². The van der Waals surface area contributed by atoms with E-state index in [0.29, 0.717) is 6.42 Å². The van der Waals surface area contributed by atoms with Crippen molar-refractivity contribution in [2.75, 3.05) is 0 Å². The third-order valence-corrected chi connectivity index (χ3v) is 3.14. The summed E-state index contributed by atoms with van der Waals surface area (Å²) in [4.78, 5) is 4.23. The van der Waals surface area contributed by atoms with Crippen molar-refractivity contribution in [1.82, 2.24) is 24.5 Å². The van der Waals surface area contributed by atoms with Crippen LogP contribution in [0.2, 0.25) is 0 Å². The highest BCUT2D eigenvalue weighted by Crippen LogP contribution is 2.20. The first kappa shape index (κ1) is 13.7. The Labute approximate surface area is 113 Å². The fourth-order valence-electron chi connectivity index (χ4n) is 2.23. The van der Waals surface area contributed by atoms with Crippen LogP contribution in [0.4, 0.5) is 0 Å². The van der Waals surface area contributed by atoms with Gasteiger partial charge in [-0.05, 0) is 12.8 Å². The molecular formula is C13H21N5O. The highest BCUT2D eigenvalue weighted by Gasteiger charge is 2.18. The molecule has 0 fully saturated rings. The smallest absolute Gasteiger partial charge is 0.138 e. The minimum Gasteiger partial charge on any atom is -0.388 e. The molecule has 104 valence electrons. The molecule has 0 aliphatic heterocycles. The second-order valence-electron chi connectivity index (χ2n) is 4.68. The molecule has 1 unspecified atom stereocenters. The Morgan fingerprint density at radius 1 is 1.37 bits per heavy atom. The Morgan fingerprint density at radius 2 is 2.16 bits per heavy atom. The van der Waals surface area contributed by atoms with Crippen LogP contribution in [0.5, 0.6) is 0 Å². The standard InChI is InChI=1S/C13H21N5O/c1-4-6-18-13(14-9-15-18)7-12(19)10-8-17(3)16-11(10)5-2/h8-9,12,19H,4-7H2,1-3H3. The monoisotopic (exact) mass is 263 g/mol. The van der Waals surface area contributed by atoms with E-state index < -0.39 is 6.10 Å². The van der Waals surface area contributed by atoms with Crippen molar-refractivity contribution < 1.29 is 5.11 Å². The van der Waals surface area contributed by atoms with Gasteiger partial charge in [-0.15, -0.1) is 0 Å². The summed E-state index contributed by atoms with van der Waals surface area (Å²) in [7, 11) is 1.87. The summed E-state index contributed by atoms with van der Waals surface area (Å²) in [6.07, 6.45) is 5.13. The van der Waals surface area contributed by atoms with Gasteiger partial charge in [-0.25, -0.2) is 4.98 Å². The lowest BCUT2D eigenvalue weighted by Gasteiger charge is -2.10. The van der Waals surface area contributed by atoms with Gasteiger partial charge in [-0.2, -0.15) is 10.2 Å². The van der Waals surface area contributed by atoms with E-state index in [4.69, 9.17) is 0 Å². The number of aryl methyl sites for hydroxylation is 3. The minimum atomic E-state index is -0.580. The zero-order chi connectivity index (χ0) is 13.8. The number of aliphatic hydroxyl groups excluding tert-OH is 1. The van der Waals surface area contributed by atoms with Crippen molar-refractivity contribution in [2.24, 2.45) is 7.05 Å². The molecule has 2 aromatic heterocycles. The number of rotatable bonds is 6. The van der Waals surface area contributed by atoms with E-state index in [0.717, 1.165) is 36.5 Å². The van der Waals surface area contributed by atoms with Crippen molar-refractivity contribution in [3.63, 3.8) is 0 Å². The largest absolute Gasteiger partial charge is 0.388 e. The molecule has 0 amide bonds. The van der Waals surface area contributed by atoms with Gasteiger partial charge in [0, 0.05) is 31.8 Å². The normalized spacial score (nSPS) is 12.8. The fraction of sp³-hybridized carbons (Fsp3) is 0.615. The van der Waals surface area contributed by atoms with Gasteiger partial charge >= 0.3 is 0 Å². The van der Waals surface area contributed by atoms with E-state index >= 15 is 0 Å². The summed E-state index contributed by atoms with van der Waals surface area (Å²) in [5, 5.41) is 18.9. The minimum absolute atomic E-state index is 0.471. The van der Waals surface area contributed by atoms with Crippen LogP contribution in [0.15, 0.2) is 12.5 Å². The highest BCUT2D eigenvalue weighted by molar-refractivity contribution is 5.20. The molecular weight excluding hydrogens is 242 g/mol. The molecule has 0 radical (unpaired) electrons. The summed E-state index contributed by atoms with van der Waals surface area (Å²) in [6, 6.07) is 0. The summed E-state index contributed by atoms with van der Waals surface area (Å²) in [5.74, 6) is 0.820. The Kier molecular flexibility index (Phi) is 4.31. The van der Waals surface area contributed by atoms with Gasteiger partial charge in [-0.1, -0.05) is 13.8 Å². The summed E-state index contributed by atoms with van der Waals surface area (Å²) < 4.78 is 3.60. The molecule has 0 saturated heterocycles. The van der Waals surface area contributed by atoms with Gasteiger partial charge < -0.3 is 5.11 Å². The Bertz CT molecular complexity index is 531. The second-order valence-corrected chi connectivity index (χ2v) is 4.68. The lowest BCUT2D eigenvalue weighted by Crippen LogP contribution is -2.11. The van der Waals surface area contributed by atoms with Crippen LogP contribution in [0, 0.1) is 0 Å². The van der Waals surface area contributed by atoms with Crippen molar-refractivity contribution in [3.05, 3.63) is 29.6 Å². The van der Waals surface area contributed by atoms with Crippen molar-refractivity contribution in [3.8, 4) is 0 Å². The maximum atomic E-state index is 10.4. The van der Waals surface area contributed by atoms with Gasteiger partial charge in [0.1, 0.15) is 12.2 Å². The quantitative estimate of drug-likeness (QED) is 0.852. The fourth-order valence-corrected chi connectivity index (χ4v) is 2.23. The summed E-state index contributed by atoms with van der Waals surface area (Å²) in [5.41, 5.74) is 1.83. The van der Waals surface area contributed by atoms with Gasteiger partial charge in [0.15, 0.2) is 0 Å². The third-order valence-electron chi connectivity index (χ3n) is 3.14. The number of aromatic nitrogens is 5. The average molecular weight is 263 g/mol. The van der Waals surface area contributed by atoms with E-state index in [1.54, 1.807) is 11.0 Å². The molecule has 1 atom stereocenters. The van der Waals surface area contributed by atoms with E-state index in [2.05, 4.69) is 22.1 Å². The lowest BCUT2D eigenvalue weighted by atomic mass is 10.1. The molecule has 2 aromatic rings. The topological polar surface area (TPSA) is 68.8 Å². The molecule has 19 heavy (non-hydrogen) atoms. The second kappa shape index (κ2) is 5.97. The Hall–Kier alpha value is -1.69. The first-order valence-corrected chi connectivity index (χ1v) is 6.72. The van der Waals surface area contributed by atoms with Gasteiger partial charge in [0.2, 0.25) is 0 Å². The van der Waals surface area contributed by atoms with Crippen LogP contribution in [-0.4, -0.2) is 29.7 Å². The van der Waals surface area contributed by atoms with Gasteiger partial charge in [0.25, 0.3) is 0 Å². The molecule has 0 aromatic carbocycles. The summed E-state index contributed by atoms with van der Waals surface area (Å²) in [6.45, 7) is 4.96. The number of nitrogens with zero attached hydrogens (tertiary/aromatic N) is 5. The average Bonchev–Trinajstić information content (AvgIpc) is 2.97. The molecule has 0 aliphatic carbocycles. The van der Waals surface area contributed by atoms with E-state index in [1.807, 2.05) is 24.9 Å². The van der Waals surface area contributed by atoms with Crippen molar-refractivity contribution >= 4 is 0 Å². The number of aliphatic hydroxyl groups is 1. The lowest BCUT2D eigenvalue weighted by molar-refractivity contribution is 0.173. The Balaban J connectivity index is 2.15. The predicted molar refractivity (Wildman–Crippen MR) is 71.6 cm³/mol. The first-order valence-electron chi connectivity index (χ1n) is 6.72. The molecule has 1 N–H and O–H groups in total. The van der Waals surface area contributed by atoms with Crippen LogP contribution in [0.3, 0.4) is 0 Å². The van der Waals surface area contributed by atoms with E-state index in [-0.39, 0.29) is 0 Å². The highest BCUT2D eigenvalue weighted by atomic mass is 16.3. The van der Waals surface area contributed by atoms with Gasteiger partial charge in [0.05, 0.1) is 11.8 Å². The number of hydrogen-bond acceptors (Lipinski definition) is 4. The third kappa shape index (κ3) is 3.01. The van der Waals surface area contributed by atoms with Crippen molar-refractivity contribution in [1.29, 1.82) is 0 Å². The van der Waals surface area contributed by atoms with Crippen LogP contribution in [0.25, 0.3) is 0 Å². The molecule has 6 heteroatoms. The van der Waals surface area contributed by atoms with E-state index in [1.165, 1.54) is 0 Å². The van der Waals surface area contributed by atoms with Gasteiger partial charge in [-0.3, -0.25) is 9.36 Å². The van der Waals surface area contributed by atoms with Crippen LogP contribution in [0.1, 0.15) is 43.5 Å². The first-order chi connectivity index (χ1) is 9.15. The zero-order valence-corrected chi connectivity index (χ0v) is 11.7. The Morgan fingerprint density at radius 3 is 2.84 bits per heavy atom. The molecule has 0 aliphatic rings. The molecule has 0 spiro atoms. The van der Waals surface area contributed by atoms with Crippen LogP contribution >= 0.6 is 0 Å². The molecule has 6 nitrogen and oxygen atoms in total. The molecule has 0 saturated carbocycles. The van der Waals surface area contributed by atoms with E-state index in [9.17, 15) is 5.11 Å². The summed E-state index contributed by atoms with van der Waals surface area (Å²) >= 11 is 0. The van der Waals surface area contributed by atoms with Crippen molar-refractivity contribution in [2.45, 2.75) is 45.8 Å². The maximum Gasteiger partial charge on any atom is 0.138 e. The predicted octanol–water partition coefficient (Wildman–Crippen LogP) is 1.26. The van der Waals surface area contributed by atoms with Crippen LogP contribution in [-0.2, 0) is 26.4 Å². The maximum absolute atomic E-state index is 10.4. The zero-order valence-electron chi connectivity index (χ0n) is 11.7. The molecule has 0 bridgehead atoms. The molecule has 2 rings (SSSR count).